The number of esters is 1. The Kier molecular flexibility index (Phi) is 4.79. The maximum absolute atomic E-state index is 12.5. The van der Waals surface area contributed by atoms with Gasteiger partial charge in [-0.2, -0.15) is 0 Å². The number of carbonyl (C=O) groups excluding carboxylic acids is 2. The summed E-state index contributed by atoms with van der Waals surface area (Å²) in [7, 11) is 1.27. The van der Waals surface area contributed by atoms with Gasteiger partial charge in [-0.1, -0.05) is 12.1 Å². The molecule has 2 aromatic heterocycles. The molecule has 3 aromatic rings. The number of para-hydroxylation sites is 2. The minimum absolute atomic E-state index is 0.0458. The number of hydrogen-bond donors (Lipinski definition) is 1. The van der Waals surface area contributed by atoms with Gasteiger partial charge in [0, 0.05) is 12.1 Å². The molecule has 0 saturated heterocycles. The smallest absolute Gasteiger partial charge is 0.341 e. The van der Waals surface area contributed by atoms with Gasteiger partial charge in [0.1, 0.15) is 12.1 Å². The first-order valence-electron chi connectivity index (χ1n) is 8.37. The van der Waals surface area contributed by atoms with Crippen LogP contribution in [-0.4, -0.2) is 28.5 Å². The summed E-state index contributed by atoms with van der Waals surface area (Å²) < 4.78 is 11.9. The first kappa shape index (κ1) is 17.7. The zero-order chi connectivity index (χ0) is 18.8. The van der Waals surface area contributed by atoms with Crippen molar-refractivity contribution in [2.24, 2.45) is 0 Å². The van der Waals surface area contributed by atoms with Gasteiger partial charge in [0.05, 0.1) is 29.7 Å². The van der Waals surface area contributed by atoms with Crippen molar-refractivity contribution in [2.45, 2.75) is 32.9 Å². The molecule has 2 heterocycles. The van der Waals surface area contributed by atoms with Crippen LogP contribution in [0.3, 0.4) is 0 Å². The lowest BCUT2D eigenvalue weighted by atomic mass is 10.2. The molecule has 1 N–H and O–H groups in total. The Labute approximate surface area is 151 Å². The van der Waals surface area contributed by atoms with Gasteiger partial charge in [0.2, 0.25) is 0 Å². The van der Waals surface area contributed by atoms with Gasteiger partial charge in [0.15, 0.2) is 5.76 Å². The molecule has 0 saturated carbocycles. The van der Waals surface area contributed by atoms with E-state index in [0.29, 0.717) is 0 Å². The molecule has 1 amide bonds. The van der Waals surface area contributed by atoms with Crippen LogP contribution < -0.4 is 5.32 Å². The van der Waals surface area contributed by atoms with Gasteiger partial charge in [-0.25, -0.2) is 9.78 Å². The van der Waals surface area contributed by atoms with Crippen molar-refractivity contribution in [3.8, 4) is 0 Å². The Morgan fingerprint density at radius 2 is 1.96 bits per heavy atom. The standard InChI is InChI=1S/C19H21N3O4/c1-11(2)22-15-8-6-5-7-14(15)21-17(22)12(3)20-18(23)16-9-13(10-26-16)19(24)25-4/h5-12H,1-4H3,(H,20,23)/t12-/m1/s1. The summed E-state index contributed by atoms with van der Waals surface area (Å²) in [6.45, 7) is 6.00. The Morgan fingerprint density at radius 3 is 2.65 bits per heavy atom. The van der Waals surface area contributed by atoms with Crippen LogP contribution in [0.15, 0.2) is 41.0 Å². The normalized spacial score (nSPS) is 12.3. The van der Waals surface area contributed by atoms with Crippen molar-refractivity contribution in [2.75, 3.05) is 7.11 Å². The summed E-state index contributed by atoms with van der Waals surface area (Å²) in [6.07, 6.45) is 1.20. The molecular formula is C19H21N3O4. The second kappa shape index (κ2) is 7.03. The fraction of sp³-hybridized carbons (Fsp3) is 0.316. The largest absolute Gasteiger partial charge is 0.465 e. The Balaban J connectivity index is 1.86. The third-order valence-electron chi connectivity index (χ3n) is 4.12. The van der Waals surface area contributed by atoms with E-state index in [1.54, 1.807) is 0 Å². The number of carbonyl (C=O) groups is 2. The van der Waals surface area contributed by atoms with Gasteiger partial charge < -0.3 is 19.0 Å². The van der Waals surface area contributed by atoms with Gasteiger partial charge in [-0.15, -0.1) is 0 Å². The summed E-state index contributed by atoms with van der Waals surface area (Å²) in [5.74, 6) is -0.170. The number of methoxy groups -OCH3 is 1. The van der Waals surface area contributed by atoms with Crippen LogP contribution in [0, 0.1) is 0 Å². The van der Waals surface area contributed by atoms with Gasteiger partial charge >= 0.3 is 5.97 Å². The molecule has 136 valence electrons. The monoisotopic (exact) mass is 355 g/mol. The average Bonchev–Trinajstić information content (AvgIpc) is 3.25. The number of nitrogens with zero attached hydrogens (tertiary/aromatic N) is 2. The number of fused-ring (bicyclic) bond motifs is 1. The molecule has 0 aliphatic carbocycles. The van der Waals surface area contributed by atoms with Crippen molar-refractivity contribution in [3.63, 3.8) is 0 Å². The van der Waals surface area contributed by atoms with Crippen molar-refractivity contribution in [1.29, 1.82) is 0 Å². The maximum atomic E-state index is 12.5. The van der Waals surface area contributed by atoms with Crippen LogP contribution in [0.1, 0.15) is 59.6 Å². The van der Waals surface area contributed by atoms with Gasteiger partial charge in [-0.05, 0) is 32.9 Å². The van der Waals surface area contributed by atoms with Crippen molar-refractivity contribution in [1.82, 2.24) is 14.9 Å². The van der Waals surface area contributed by atoms with Crippen LogP contribution in [-0.2, 0) is 4.74 Å². The van der Waals surface area contributed by atoms with Gasteiger partial charge in [0.25, 0.3) is 5.91 Å². The summed E-state index contributed by atoms with van der Waals surface area (Å²) >= 11 is 0. The predicted octanol–water partition coefficient (Wildman–Crippen LogP) is 3.49. The molecule has 1 atom stereocenters. The minimum atomic E-state index is -0.553. The Bertz CT molecular complexity index is 955. The highest BCUT2D eigenvalue weighted by Crippen LogP contribution is 2.25. The molecule has 26 heavy (non-hydrogen) atoms. The molecule has 0 radical (unpaired) electrons. The predicted molar refractivity (Wildman–Crippen MR) is 96.0 cm³/mol. The lowest BCUT2D eigenvalue weighted by Crippen LogP contribution is -2.28. The summed E-state index contributed by atoms with van der Waals surface area (Å²) in [5, 5.41) is 2.87. The minimum Gasteiger partial charge on any atom is -0.465 e. The van der Waals surface area contributed by atoms with Crippen LogP contribution in [0.4, 0.5) is 0 Å². The van der Waals surface area contributed by atoms with Gasteiger partial charge in [-0.3, -0.25) is 4.79 Å². The molecular weight excluding hydrogens is 334 g/mol. The van der Waals surface area contributed by atoms with E-state index >= 15 is 0 Å². The lowest BCUT2D eigenvalue weighted by Gasteiger charge is -2.18. The molecule has 0 fully saturated rings. The maximum Gasteiger partial charge on any atom is 0.341 e. The number of nitrogens with one attached hydrogen (secondary N) is 1. The summed E-state index contributed by atoms with van der Waals surface area (Å²) in [4.78, 5) is 28.6. The van der Waals surface area contributed by atoms with E-state index in [1.165, 1.54) is 19.4 Å². The zero-order valence-electron chi connectivity index (χ0n) is 15.1. The molecule has 0 aliphatic rings. The van der Waals surface area contributed by atoms with Crippen LogP contribution >= 0.6 is 0 Å². The highest BCUT2D eigenvalue weighted by Gasteiger charge is 2.22. The lowest BCUT2D eigenvalue weighted by molar-refractivity contribution is 0.0599. The van der Waals surface area contributed by atoms with E-state index in [-0.39, 0.29) is 23.4 Å². The van der Waals surface area contributed by atoms with Crippen LogP contribution in [0.2, 0.25) is 0 Å². The van der Waals surface area contributed by atoms with Crippen LogP contribution in [0.5, 0.6) is 0 Å². The molecule has 0 bridgehead atoms. The third kappa shape index (κ3) is 3.20. The number of rotatable bonds is 5. The van der Waals surface area contributed by atoms with E-state index < -0.39 is 11.9 Å². The molecule has 7 heteroatoms. The first-order chi connectivity index (χ1) is 12.4. The molecule has 1 aromatic carbocycles. The van der Waals surface area contributed by atoms with Crippen molar-refractivity contribution < 1.29 is 18.7 Å². The summed E-state index contributed by atoms with van der Waals surface area (Å²) in [5.41, 5.74) is 2.09. The highest BCUT2D eigenvalue weighted by atomic mass is 16.5. The van der Waals surface area contributed by atoms with E-state index in [4.69, 9.17) is 4.42 Å². The second-order valence-electron chi connectivity index (χ2n) is 6.31. The third-order valence-corrected chi connectivity index (χ3v) is 4.12. The fourth-order valence-corrected chi connectivity index (χ4v) is 2.92. The number of imidazole rings is 1. The van der Waals surface area contributed by atoms with E-state index in [2.05, 4.69) is 33.5 Å². The van der Waals surface area contributed by atoms with E-state index in [1.807, 2.05) is 31.2 Å². The fourth-order valence-electron chi connectivity index (χ4n) is 2.92. The van der Waals surface area contributed by atoms with Crippen LogP contribution in [0.25, 0.3) is 11.0 Å². The number of amides is 1. The molecule has 0 spiro atoms. The van der Waals surface area contributed by atoms with Crippen molar-refractivity contribution in [3.05, 3.63) is 53.7 Å². The Hall–Kier alpha value is -3.09. The quantitative estimate of drug-likeness (QED) is 0.708. The highest BCUT2D eigenvalue weighted by molar-refractivity contribution is 5.96. The Morgan fingerprint density at radius 1 is 1.23 bits per heavy atom. The number of benzene rings is 1. The molecule has 7 nitrogen and oxygen atoms in total. The van der Waals surface area contributed by atoms with Crippen molar-refractivity contribution >= 4 is 22.9 Å². The zero-order valence-corrected chi connectivity index (χ0v) is 15.1. The first-order valence-corrected chi connectivity index (χ1v) is 8.37. The topological polar surface area (TPSA) is 86.4 Å². The molecule has 0 aliphatic heterocycles. The number of furan rings is 1. The SMILES string of the molecule is COC(=O)c1coc(C(=O)N[C@H](C)c2nc3ccccc3n2C(C)C)c1. The molecule has 0 unspecified atom stereocenters. The average molecular weight is 355 g/mol. The molecule has 3 rings (SSSR count). The number of hydrogen-bond acceptors (Lipinski definition) is 5. The second-order valence-corrected chi connectivity index (χ2v) is 6.31. The summed E-state index contributed by atoms with van der Waals surface area (Å²) in [6, 6.07) is 9.06. The van der Waals surface area contributed by atoms with E-state index in [9.17, 15) is 9.59 Å². The number of aromatic nitrogens is 2. The van der Waals surface area contributed by atoms with E-state index in [0.717, 1.165) is 16.9 Å². The number of ether oxygens (including phenoxy) is 1.